The summed E-state index contributed by atoms with van der Waals surface area (Å²) in [5.74, 6) is 0.916. The Labute approximate surface area is 216 Å². The summed E-state index contributed by atoms with van der Waals surface area (Å²) in [7, 11) is 0. The Kier molecular flexibility index (Phi) is 5.37. The quantitative estimate of drug-likeness (QED) is 0.344. The third-order valence-corrected chi connectivity index (χ3v) is 6.62. The molecule has 188 valence electrons. The van der Waals surface area contributed by atoms with Gasteiger partial charge in [0.05, 0.1) is 27.5 Å². The molecule has 10 nitrogen and oxygen atoms in total. The maximum Gasteiger partial charge on any atom is 0.266 e. The van der Waals surface area contributed by atoms with Crippen LogP contribution < -0.4 is 11.3 Å². The van der Waals surface area contributed by atoms with Gasteiger partial charge in [-0.25, -0.2) is 19.6 Å². The van der Waals surface area contributed by atoms with E-state index < -0.39 is 0 Å². The SMILES string of the molecule is CC(=O)c1coc(-c2nn(Cc3nc4cccc(C)c4c(=O)n3-c3ccccc3C)c3ncnc(N)c23)c1. The molecule has 0 aliphatic carbocycles. The zero-order chi connectivity index (χ0) is 26.6. The van der Waals surface area contributed by atoms with Crippen LogP contribution in [0.5, 0.6) is 0 Å². The van der Waals surface area contributed by atoms with Gasteiger partial charge in [0.25, 0.3) is 5.56 Å². The summed E-state index contributed by atoms with van der Waals surface area (Å²) in [5.41, 5.74) is 10.4. The van der Waals surface area contributed by atoms with Gasteiger partial charge in [0.1, 0.15) is 36.5 Å². The van der Waals surface area contributed by atoms with Crippen molar-refractivity contribution in [1.29, 1.82) is 0 Å². The van der Waals surface area contributed by atoms with Crippen LogP contribution in [0.15, 0.2) is 70.3 Å². The Balaban J connectivity index is 1.61. The zero-order valence-electron chi connectivity index (χ0n) is 21.0. The van der Waals surface area contributed by atoms with Crippen LogP contribution in [-0.4, -0.2) is 35.1 Å². The van der Waals surface area contributed by atoms with Crippen molar-refractivity contribution in [3.05, 3.63) is 94.0 Å². The molecule has 0 fully saturated rings. The number of nitrogens with two attached hydrogens (primary N) is 1. The van der Waals surface area contributed by atoms with Crippen molar-refractivity contribution in [2.75, 3.05) is 5.73 Å². The highest BCUT2D eigenvalue weighted by molar-refractivity contribution is 5.99. The number of rotatable bonds is 5. The third-order valence-electron chi connectivity index (χ3n) is 6.62. The van der Waals surface area contributed by atoms with E-state index in [0.29, 0.717) is 44.8 Å². The second kappa shape index (κ2) is 8.77. The normalized spacial score (nSPS) is 11.4. The van der Waals surface area contributed by atoms with E-state index in [9.17, 15) is 9.59 Å². The van der Waals surface area contributed by atoms with E-state index in [1.54, 1.807) is 15.3 Å². The molecular formula is C28H23N7O3. The van der Waals surface area contributed by atoms with E-state index in [2.05, 4.69) is 9.97 Å². The van der Waals surface area contributed by atoms with Crippen molar-refractivity contribution in [3.63, 3.8) is 0 Å². The lowest BCUT2D eigenvalue weighted by atomic mass is 10.1. The summed E-state index contributed by atoms with van der Waals surface area (Å²) in [6.07, 6.45) is 2.74. The number of hydrogen-bond acceptors (Lipinski definition) is 8. The van der Waals surface area contributed by atoms with E-state index in [1.165, 1.54) is 19.5 Å². The Morgan fingerprint density at radius 3 is 2.58 bits per heavy atom. The summed E-state index contributed by atoms with van der Waals surface area (Å²) in [5, 5.41) is 5.79. The summed E-state index contributed by atoms with van der Waals surface area (Å²) in [6.45, 7) is 5.42. The molecular weight excluding hydrogens is 482 g/mol. The topological polar surface area (TPSA) is 135 Å². The Morgan fingerprint density at radius 2 is 1.82 bits per heavy atom. The minimum atomic E-state index is -0.166. The molecule has 2 aromatic carbocycles. The minimum Gasteiger partial charge on any atom is -0.462 e. The number of carbonyl (C=O) groups is 1. The molecule has 0 aliphatic rings. The number of aryl methyl sites for hydroxylation is 2. The molecule has 0 spiro atoms. The number of ketones is 1. The molecule has 6 aromatic rings. The highest BCUT2D eigenvalue weighted by atomic mass is 16.3. The number of aromatic nitrogens is 6. The Bertz CT molecular complexity index is 1950. The number of benzene rings is 2. The van der Waals surface area contributed by atoms with E-state index in [-0.39, 0.29) is 23.7 Å². The van der Waals surface area contributed by atoms with Crippen LogP contribution in [0.3, 0.4) is 0 Å². The Hall–Kier alpha value is -5.12. The third kappa shape index (κ3) is 3.65. The molecule has 0 bridgehead atoms. The van der Waals surface area contributed by atoms with Gasteiger partial charge in [-0.15, -0.1) is 0 Å². The fourth-order valence-electron chi connectivity index (χ4n) is 4.70. The molecule has 6 rings (SSSR count). The van der Waals surface area contributed by atoms with Gasteiger partial charge in [-0.2, -0.15) is 5.10 Å². The van der Waals surface area contributed by atoms with E-state index in [4.69, 9.17) is 20.2 Å². The lowest BCUT2D eigenvalue weighted by molar-refractivity contribution is 0.101. The first-order chi connectivity index (χ1) is 18.3. The number of furan rings is 1. The average molecular weight is 506 g/mol. The highest BCUT2D eigenvalue weighted by Gasteiger charge is 2.23. The predicted molar refractivity (Wildman–Crippen MR) is 143 cm³/mol. The van der Waals surface area contributed by atoms with Crippen molar-refractivity contribution >= 4 is 33.5 Å². The highest BCUT2D eigenvalue weighted by Crippen LogP contribution is 2.32. The van der Waals surface area contributed by atoms with Gasteiger partial charge in [0.2, 0.25) is 0 Å². The van der Waals surface area contributed by atoms with Gasteiger partial charge in [0, 0.05) is 0 Å². The zero-order valence-corrected chi connectivity index (χ0v) is 21.0. The van der Waals surface area contributed by atoms with Gasteiger partial charge in [-0.1, -0.05) is 30.3 Å². The largest absolute Gasteiger partial charge is 0.462 e. The van der Waals surface area contributed by atoms with Crippen LogP contribution in [0.25, 0.3) is 39.1 Å². The van der Waals surface area contributed by atoms with Crippen molar-refractivity contribution in [3.8, 4) is 17.1 Å². The number of fused-ring (bicyclic) bond motifs is 2. The smallest absolute Gasteiger partial charge is 0.266 e. The molecule has 0 saturated heterocycles. The van der Waals surface area contributed by atoms with Crippen LogP contribution in [0.1, 0.15) is 34.2 Å². The van der Waals surface area contributed by atoms with Crippen molar-refractivity contribution < 1.29 is 9.21 Å². The predicted octanol–water partition coefficient (Wildman–Crippen LogP) is 4.24. The molecule has 0 aliphatic heterocycles. The lowest BCUT2D eigenvalue weighted by Gasteiger charge is -2.16. The van der Waals surface area contributed by atoms with Gasteiger partial charge < -0.3 is 10.2 Å². The molecule has 0 saturated carbocycles. The molecule has 0 unspecified atom stereocenters. The molecule has 10 heteroatoms. The molecule has 4 heterocycles. The summed E-state index contributed by atoms with van der Waals surface area (Å²) in [6, 6.07) is 14.9. The minimum absolute atomic E-state index is 0.112. The number of anilines is 1. The second-order valence-corrected chi connectivity index (χ2v) is 9.14. The van der Waals surface area contributed by atoms with Crippen LogP contribution in [-0.2, 0) is 6.54 Å². The molecule has 38 heavy (non-hydrogen) atoms. The second-order valence-electron chi connectivity index (χ2n) is 9.14. The standard InChI is InChI=1S/C28H23N7O3/c1-15-7-4-5-10-20(15)35-22(32-19-9-6-8-16(2)23(19)28(35)37)12-34-27-24(26(29)30-14-31-27)25(33-34)21-11-18(13-38-21)17(3)36/h4-11,13-14H,12H2,1-3H3,(H2,29,30,31). The van der Waals surface area contributed by atoms with Crippen molar-refractivity contribution in [1.82, 2.24) is 29.3 Å². The van der Waals surface area contributed by atoms with Gasteiger partial charge in [0.15, 0.2) is 17.2 Å². The Morgan fingerprint density at radius 1 is 1.03 bits per heavy atom. The van der Waals surface area contributed by atoms with E-state index in [0.717, 1.165) is 16.8 Å². The number of nitrogen functional groups attached to an aromatic ring is 1. The molecule has 2 N–H and O–H groups in total. The number of para-hydroxylation sites is 1. The summed E-state index contributed by atoms with van der Waals surface area (Å²) in [4.78, 5) is 39.2. The first-order valence-corrected chi connectivity index (χ1v) is 12.0. The van der Waals surface area contributed by atoms with Gasteiger partial charge in [-0.05, 0) is 50.1 Å². The maximum atomic E-state index is 13.9. The van der Waals surface area contributed by atoms with Crippen LogP contribution >= 0.6 is 0 Å². The fraction of sp³-hybridized carbons (Fsp3) is 0.143. The molecule has 0 amide bonds. The van der Waals surface area contributed by atoms with Crippen molar-refractivity contribution in [2.45, 2.75) is 27.3 Å². The summed E-state index contributed by atoms with van der Waals surface area (Å²) < 4.78 is 8.91. The van der Waals surface area contributed by atoms with E-state index >= 15 is 0 Å². The maximum absolute atomic E-state index is 13.9. The van der Waals surface area contributed by atoms with Crippen LogP contribution in [0.4, 0.5) is 5.82 Å². The number of carbonyl (C=O) groups excluding carboxylic acids is 1. The number of hydrogen-bond donors (Lipinski definition) is 1. The molecule has 0 atom stereocenters. The number of Topliss-reactive ketones (excluding diaryl/α,β-unsaturated/α-hetero) is 1. The fourth-order valence-corrected chi connectivity index (χ4v) is 4.70. The molecule has 0 radical (unpaired) electrons. The van der Waals surface area contributed by atoms with Gasteiger partial charge in [-0.3, -0.25) is 14.2 Å². The monoisotopic (exact) mass is 505 g/mol. The van der Waals surface area contributed by atoms with Crippen LogP contribution in [0.2, 0.25) is 0 Å². The molecule has 4 aromatic heterocycles. The summed E-state index contributed by atoms with van der Waals surface area (Å²) >= 11 is 0. The lowest BCUT2D eigenvalue weighted by Crippen LogP contribution is -2.26. The first kappa shape index (κ1) is 23.3. The average Bonchev–Trinajstić information content (AvgIpc) is 3.51. The van der Waals surface area contributed by atoms with Crippen molar-refractivity contribution in [2.24, 2.45) is 0 Å². The van der Waals surface area contributed by atoms with E-state index in [1.807, 2.05) is 56.3 Å². The first-order valence-electron chi connectivity index (χ1n) is 12.0. The van der Waals surface area contributed by atoms with Crippen LogP contribution in [0, 0.1) is 13.8 Å². The number of nitrogens with zero attached hydrogens (tertiary/aromatic N) is 6. The van der Waals surface area contributed by atoms with Gasteiger partial charge >= 0.3 is 0 Å².